The van der Waals surface area contributed by atoms with Gasteiger partial charge in [0.25, 0.3) is 5.91 Å². The van der Waals surface area contributed by atoms with Gasteiger partial charge in [0, 0.05) is 49.6 Å². The second kappa shape index (κ2) is 10.8. The number of carbonyl (C=O) groups excluding carboxylic acids is 2. The molecular weight excluding hydrogens is 542 g/mol. The molecule has 0 saturated carbocycles. The third kappa shape index (κ3) is 5.43. The number of piperidine rings is 1. The summed E-state index contributed by atoms with van der Waals surface area (Å²) in [6, 6.07) is 3.89. The molecule has 4 heterocycles. The molecule has 9 nitrogen and oxygen atoms in total. The first-order valence-corrected chi connectivity index (χ1v) is 13.0. The van der Waals surface area contributed by atoms with Crippen molar-refractivity contribution in [3.05, 3.63) is 71.2 Å². The first-order chi connectivity index (χ1) is 19.5. The maximum absolute atomic E-state index is 15.4. The van der Waals surface area contributed by atoms with Crippen LogP contribution in [0.4, 0.5) is 29.2 Å². The van der Waals surface area contributed by atoms with E-state index in [4.69, 9.17) is 10.7 Å². The Morgan fingerprint density at radius 2 is 1.95 bits per heavy atom. The molecule has 13 heteroatoms. The second-order valence-electron chi connectivity index (χ2n) is 9.91. The average molecular weight is 570 g/mol. The van der Waals surface area contributed by atoms with E-state index in [9.17, 15) is 22.8 Å². The van der Waals surface area contributed by atoms with Gasteiger partial charge in [-0.05, 0) is 49.6 Å². The highest BCUT2D eigenvalue weighted by Crippen LogP contribution is 2.36. The Morgan fingerprint density at radius 1 is 1.17 bits per heavy atom. The van der Waals surface area contributed by atoms with E-state index < -0.39 is 23.5 Å². The van der Waals surface area contributed by atoms with Crippen LogP contribution in [0.15, 0.2) is 42.9 Å². The minimum atomic E-state index is -4.63. The maximum Gasteiger partial charge on any atom is 0.416 e. The fourth-order valence-electron chi connectivity index (χ4n) is 5.17. The number of fused-ring (bicyclic) bond motifs is 1. The molecule has 0 radical (unpaired) electrons. The number of benzene rings is 1. The number of halogens is 4. The lowest BCUT2D eigenvalue weighted by atomic mass is 9.97. The number of rotatable bonds is 5. The summed E-state index contributed by atoms with van der Waals surface area (Å²) < 4.78 is 56.3. The average Bonchev–Trinajstić information content (AvgIpc) is 3.34. The van der Waals surface area contributed by atoms with Gasteiger partial charge >= 0.3 is 6.18 Å². The highest BCUT2D eigenvalue weighted by molar-refractivity contribution is 6.04. The summed E-state index contributed by atoms with van der Waals surface area (Å²) in [5.74, 6) is -1.41. The Kier molecular flexibility index (Phi) is 7.37. The Hall–Kier alpha value is -4.55. The van der Waals surface area contributed by atoms with Crippen LogP contribution in [-0.4, -0.2) is 49.2 Å². The van der Waals surface area contributed by atoms with Gasteiger partial charge in [-0.1, -0.05) is 6.92 Å². The van der Waals surface area contributed by atoms with Crippen molar-refractivity contribution in [2.45, 2.75) is 45.2 Å². The van der Waals surface area contributed by atoms with E-state index in [2.05, 4.69) is 15.3 Å². The quantitative estimate of drug-likeness (QED) is 0.319. The number of imidazole rings is 1. The van der Waals surface area contributed by atoms with Gasteiger partial charge in [0.2, 0.25) is 5.91 Å². The van der Waals surface area contributed by atoms with Crippen LogP contribution in [0, 0.1) is 12.7 Å². The van der Waals surface area contributed by atoms with Gasteiger partial charge in [0.15, 0.2) is 0 Å². The predicted molar refractivity (Wildman–Crippen MR) is 144 cm³/mol. The van der Waals surface area contributed by atoms with Crippen LogP contribution in [0.25, 0.3) is 16.8 Å². The van der Waals surface area contributed by atoms with E-state index >= 15 is 4.39 Å². The lowest BCUT2D eigenvalue weighted by Crippen LogP contribution is -2.39. The topological polar surface area (TPSA) is 119 Å². The fraction of sp³-hybridized carbons (Fsp3) is 0.321. The molecule has 3 N–H and O–H groups in total. The zero-order valence-electron chi connectivity index (χ0n) is 22.3. The van der Waals surface area contributed by atoms with Gasteiger partial charge in [-0.15, -0.1) is 0 Å². The van der Waals surface area contributed by atoms with Crippen molar-refractivity contribution in [3.63, 3.8) is 0 Å². The molecule has 3 aromatic heterocycles. The van der Waals surface area contributed by atoms with Gasteiger partial charge < -0.3 is 16.0 Å². The molecule has 2 amide bonds. The number of alkyl halides is 3. The molecule has 1 saturated heterocycles. The summed E-state index contributed by atoms with van der Waals surface area (Å²) in [5, 5.41) is 2.23. The first-order valence-electron chi connectivity index (χ1n) is 13.0. The molecule has 214 valence electrons. The Balaban J connectivity index is 1.51. The number of nitrogen functional groups attached to an aromatic ring is 1. The highest BCUT2D eigenvalue weighted by Gasteiger charge is 2.32. The van der Waals surface area contributed by atoms with Crippen molar-refractivity contribution in [2.24, 2.45) is 0 Å². The smallest absolute Gasteiger partial charge is 0.382 e. The van der Waals surface area contributed by atoms with E-state index in [0.29, 0.717) is 53.7 Å². The van der Waals surface area contributed by atoms with Crippen LogP contribution in [-0.2, 0) is 11.0 Å². The minimum Gasteiger partial charge on any atom is -0.382 e. The van der Waals surface area contributed by atoms with Gasteiger partial charge in [-0.25, -0.2) is 19.3 Å². The predicted octanol–water partition coefficient (Wildman–Crippen LogP) is 5.21. The van der Waals surface area contributed by atoms with Crippen molar-refractivity contribution in [3.8, 4) is 11.3 Å². The van der Waals surface area contributed by atoms with Crippen LogP contribution < -0.4 is 11.1 Å². The fourth-order valence-corrected chi connectivity index (χ4v) is 5.17. The maximum atomic E-state index is 15.4. The number of hydrogen-bond acceptors (Lipinski definition) is 6. The first kappa shape index (κ1) is 28.0. The van der Waals surface area contributed by atoms with Gasteiger partial charge in [-0.3, -0.25) is 14.0 Å². The zero-order chi connectivity index (χ0) is 29.5. The number of hydrogen-bond donors (Lipinski definition) is 2. The van der Waals surface area contributed by atoms with Gasteiger partial charge in [0.1, 0.15) is 34.5 Å². The van der Waals surface area contributed by atoms with Crippen molar-refractivity contribution < 1.29 is 27.2 Å². The van der Waals surface area contributed by atoms with Crippen molar-refractivity contribution in [2.75, 3.05) is 24.1 Å². The summed E-state index contributed by atoms with van der Waals surface area (Å²) in [6.45, 7) is 4.64. The number of carbonyl (C=O) groups is 2. The van der Waals surface area contributed by atoms with E-state index in [0.717, 1.165) is 31.2 Å². The second-order valence-corrected chi connectivity index (χ2v) is 9.91. The number of amides is 2. The molecule has 4 aromatic rings. The van der Waals surface area contributed by atoms with Crippen LogP contribution in [0.5, 0.6) is 0 Å². The molecule has 1 aliphatic rings. The van der Waals surface area contributed by atoms with E-state index in [-0.39, 0.29) is 29.0 Å². The minimum absolute atomic E-state index is 0.0593. The molecule has 1 atom stereocenters. The molecule has 1 aliphatic heterocycles. The standard InChI is InChI=1S/C28H27F4N7O2/c1-3-22(40)38-9-4-5-16(14-38)26-37-23(24-25(33)35-8-10-39(24)26)18-13-20(29)19(11-15(18)2)27(41)36-21-12-17(6-7-34-21)28(30,31)32/h6-8,10-13,16H,3-5,9,14H2,1-2H3,(H2,33,35)(H,34,36,41). The highest BCUT2D eigenvalue weighted by atomic mass is 19.4. The number of anilines is 2. The van der Waals surface area contributed by atoms with Crippen LogP contribution in [0.2, 0.25) is 0 Å². The van der Waals surface area contributed by atoms with Crippen molar-refractivity contribution in [1.29, 1.82) is 0 Å². The van der Waals surface area contributed by atoms with Crippen molar-refractivity contribution in [1.82, 2.24) is 24.3 Å². The number of likely N-dealkylation sites (tertiary alicyclic amines) is 1. The summed E-state index contributed by atoms with van der Waals surface area (Å²) in [7, 11) is 0. The molecule has 5 rings (SSSR count). The van der Waals surface area contributed by atoms with Crippen LogP contribution in [0.3, 0.4) is 0 Å². The van der Waals surface area contributed by atoms with Crippen LogP contribution >= 0.6 is 0 Å². The monoisotopic (exact) mass is 569 g/mol. The lowest BCUT2D eigenvalue weighted by molar-refractivity contribution is -0.137. The summed E-state index contributed by atoms with van der Waals surface area (Å²) in [6.07, 6.45) is 1.54. The molecule has 1 aromatic carbocycles. The molecule has 0 bridgehead atoms. The number of nitrogens with one attached hydrogen (secondary N) is 1. The SMILES string of the molecule is CCC(=O)N1CCCC(c2nc(-c3cc(F)c(C(=O)Nc4cc(C(F)(F)F)ccn4)cc3C)c3c(N)nccn23)C1. The van der Waals surface area contributed by atoms with E-state index in [1.807, 2.05) is 11.8 Å². The molecule has 1 fully saturated rings. The summed E-state index contributed by atoms with van der Waals surface area (Å²) >= 11 is 0. The molecular formula is C28H27F4N7O2. The molecule has 0 spiro atoms. The summed E-state index contributed by atoms with van der Waals surface area (Å²) in [5.41, 5.74) is 6.57. The third-order valence-electron chi connectivity index (χ3n) is 7.19. The van der Waals surface area contributed by atoms with Crippen LogP contribution in [0.1, 0.15) is 59.4 Å². The Labute approximate surface area is 232 Å². The lowest BCUT2D eigenvalue weighted by Gasteiger charge is -2.32. The zero-order valence-corrected chi connectivity index (χ0v) is 22.3. The van der Waals surface area contributed by atoms with Gasteiger partial charge in [-0.2, -0.15) is 13.2 Å². The molecule has 41 heavy (non-hydrogen) atoms. The summed E-state index contributed by atoms with van der Waals surface area (Å²) in [4.78, 5) is 39.8. The van der Waals surface area contributed by atoms with Gasteiger partial charge in [0.05, 0.1) is 11.1 Å². The molecule has 1 unspecified atom stereocenters. The number of nitrogens with two attached hydrogens (primary N) is 1. The number of aryl methyl sites for hydroxylation is 1. The van der Waals surface area contributed by atoms with E-state index in [1.165, 1.54) is 12.3 Å². The number of pyridine rings is 1. The Bertz CT molecular complexity index is 1650. The van der Waals surface area contributed by atoms with E-state index in [1.54, 1.807) is 17.5 Å². The largest absolute Gasteiger partial charge is 0.416 e. The van der Waals surface area contributed by atoms with Crippen molar-refractivity contribution >= 4 is 29.0 Å². The third-order valence-corrected chi connectivity index (χ3v) is 7.19. The number of nitrogens with zero attached hydrogens (tertiary/aromatic N) is 5. The number of aromatic nitrogens is 4. The normalized spacial score (nSPS) is 15.8. The molecule has 0 aliphatic carbocycles. The Morgan fingerprint density at radius 3 is 2.68 bits per heavy atom.